The lowest BCUT2D eigenvalue weighted by Gasteiger charge is -2.38. The smallest absolute Gasteiger partial charge is 0.325 e. The van der Waals surface area contributed by atoms with E-state index in [2.05, 4.69) is 46.3 Å². The number of carbonyl (C=O) groups excluding carboxylic acids is 2. The summed E-state index contributed by atoms with van der Waals surface area (Å²) in [6.45, 7) is 4.56. The summed E-state index contributed by atoms with van der Waals surface area (Å²) in [4.78, 5) is 35.3. The maximum absolute atomic E-state index is 12.6. The van der Waals surface area contributed by atoms with E-state index in [9.17, 15) is 9.59 Å². The number of nitrogens with zero attached hydrogens (tertiary/aromatic N) is 4. The normalized spacial score (nSPS) is 25.9. The minimum absolute atomic E-state index is 0.263. The van der Waals surface area contributed by atoms with Crippen molar-refractivity contribution in [2.75, 3.05) is 20.1 Å². The fourth-order valence-electron chi connectivity index (χ4n) is 3.93. The van der Waals surface area contributed by atoms with Gasteiger partial charge in [-0.15, -0.1) is 0 Å². The zero-order valence-corrected chi connectivity index (χ0v) is 15.3. The summed E-state index contributed by atoms with van der Waals surface area (Å²) < 4.78 is 0. The quantitative estimate of drug-likeness (QED) is 0.874. The fourth-order valence-corrected chi connectivity index (χ4v) is 3.93. The topological polar surface area (TPSA) is 68.2 Å². The molecule has 3 heterocycles. The van der Waals surface area contributed by atoms with E-state index in [4.69, 9.17) is 4.99 Å². The number of amides is 3. The van der Waals surface area contributed by atoms with Crippen molar-refractivity contribution in [3.63, 3.8) is 0 Å². The molecule has 0 aliphatic carbocycles. The van der Waals surface area contributed by atoms with E-state index >= 15 is 0 Å². The lowest BCUT2D eigenvalue weighted by atomic mass is 10.1. The summed E-state index contributed by atoms with van der Waals surface area (Å²) in [6.07, 6.45) is 3.04. The Morgan fingerprint density at radius 3 is 2.50 bits per heavy atom. The summed E-state index contributed by atoms with van der Waals surface area (Å²) >= 11 is 0. The molecule has 3 amide bonds. The van der Waals surface area contributed by atoms with Crippen LogP contribution in [-0.4, -0.2) is 64.9 Å². The van der Waals surface area contributed by atoms with Crippen molar-refractivity contribution in [3.8, 4) is 0 Å². The Morgan fingerprint density at radius 2 is 1.81 bits per heavy atom. The van der Waals surface area contributed by atoms with Crippen molar-refractivity contribution >= 4 is 17.9 Å². The van der Waals surface area contributed by atoms with Crippen LogP contribution in [0, 0.1) is 6.92 Å². The molecule has 0 aromatic heterocycles. The SMILES string of the molecule is Cc1ccc(CN2C(N3CCCCC3)=NC3C2C(=O)NC(=O)N3C)cc1. The van der Waals surface area contributed by atoms with Gasteiger partial charge < -0.3 is 14.7 Å². The third-order valence-corrected chi connectivity index (χ3v) is 5.45. The van der Waals surface area contributed by atoms with Gasteiger partial charge in [0.15, 0.2) is 18.2 Å². The van der Waals surface area contributed by atoms with Gasteiger partial charge in [0, 0.05) is 26.7 Å². The molecule has 1 aromatic carbocycles. The zero-order chi connectivity index (χ0) is 18.3. The molecule has 1 aromatic rings. The second-order valence-electron chi connectivity index (χ2n) is 7.35. The molecule has 7 heteroatoms. The van der Waals surface area contributed by atoms with Gasteiger partial charge in [0.05, 0.1) is 0 Å². The lowest BCUT2D eigenvalue weighted by Crippen LogP contribution is -2.64. The number of aliphatic imine (C=N–C) groups is 1. The van der Waals surface area contributed by atoms with Crippen molar-refractivity contribution < 1.29 is 9.59 Å². The van der Waals surface area contributed by atoms with E-state index in [1.54, 1.807) is 7.05 Å². The van der Waals surface area contributed by atoms with Gasteiger partial charge in [0.25, 0.3) is 5.91 Å². The van der Waals surface area contributed by atoms with Crippen LogP contribution >= 0.6 is 0 Å². The zero-order valence-electron chi connectivity index (χ0n) is 15.3. The average Bonchev–Trinajstić information content (AvgIpc) is 3.02. The van der Waals surface area contributed by atoms with Crippen molar-refractivity contribution in [2.45, 2.75) is 44.9 Å². The number of benzene rings is 1. The van der Waals surface area contributed by atoms with E-state index in [-0.39, 0.29) is 11.9 Å². The van der Waals surface area contributed by atoms with Crippen LogP contribution in [0.4, 0.5) is 4.79 Å². The first-order valence-corrected chi connectivity index (χ1v) is 9.27. The van der Waals surface area contributed by atoms with Crippen LogP contribution in [0.25, 0.3) is 0 Å². The van der Waals surface area contributed by atoms with Crippen molar-refractivity contribution in [2.24, 2.45) is 4.99 Å². The molecule has 2 fully saturated rings. The van der Waals surface area contributed by atoms with E-state index in [0.29, 0.717) is 6.54 Å². The summed E-state index contributed by atoms with van der Waals surface area (Å²) in [5, 5.41) is 2.46. The summed E-state index contributed by atoms with van der Waals surface area (Å²) in [6, 6.07) is 7.48. The minimum Gasteiger partial charge on any atom is -0.343 e. The Balaban J connectivity index is 1.67. The Labute approximate surface area is 153 Å². The third kappa shape index (κ3) is 2.91. The molecule has 7 nitrogen and oxygen atoms in total. The lowest BCUT2D eigenvalue weighted by molar-refractivity contribution is -0.127. The second-order valence-corrected chi connectivity index (χ2v) is 7.35. The number of hydrogen-bond acceptors (Lipinski definition) is 5. The summed E-state index contributed by atoms with van der Waals surface area (Å²) in [7, 11) is 1.70. The van der Waals surface area contributed by atoms with Gasteiger partial charge in [0.1, 0.15) is 0 Å². The highest BCUT2D eigenvalue weighted by molar-refractivity contribution is 6.03. The molecule has 0 bridgehead atoms. The van der Waals surface area contributed by atoms with Gasteiger partial charge in [0.2, 0.25) is 0 Å². The summed E-state index contributed by atoms with van der Waals surface area (Å²) in [5.41, 5.74) is 2.34. The Bertz CT molecular complexity index is 739. The maximum Gasteiger partial charge on any atom is 0.325 e. The molecule has 138 valence electrons. The number of piperidine rings is 1. The number of urea groups is 1. The van der Waals surface area contributed by atoms with Gasteiger partial charge in [-0.05, 0) is 31.7 Å². The molecule has 0 spiro atoms. The average molecular weight is 355 g/mol. The first-order valence-electron chi connectivity index (χ1n) is 9.27. The number of carbonyl (C=O) groups is 2. The van der Waals surface area contributed by atoms with Gasteiger partial charge in [-0.25, -0.2) is 9.79 Å². The predicted octanol–water partition coefficient (Wildman–Crippen LogP) is 1.53. The molecule has 26 heavy (non-hydrogen) atoms. The largest absolute Gasteiger partial charge is 0.343 e. The number of imide groups is 1. The Hall–Kier alpha value is -2.57. The molecule has 0 saturated carbocycles. The van der Waals surface area contributed by atoms with Gasteiger partial charge in [-0.1, -0.05) is 29.8 Å². The van der Waals surface area contributed by atoms with E-state index in [1.165, 1.54) is 16.9 Å². The minimum atomic E-state index is -0.476. The Morgan fingerprint density at radius 1 is 1.12 bits per heavy atom. The number of likely N-dealkylation sites (N-methyl/N-ethyl adjacent to an activating group) is 1. The molecule has 1 N–H and O–H groups in total. The van der Waals surface area contributed by atoms with Crippen molar-refractivity contribution in [1.29, 1.82) is 0 Å². The second kappa shape index (κ2) is 6.63. The number of aryl methyl sites for hydroxylation is 1. The first kappa shape index (κ1) is 16.9. The van der Waals surface area contributed by atoms with Crippen LogP contribution in [0.2, 0.25) is 0 Å². The van der Waals surface area contributed by atoms with Crippen molar-refractivity contribution in [3.05, 3.63) is 35.4 Å². The number of rotatable bonds is 2. The van der Waals surface area contributed by atoms with E-state index in [0.717, 1.165) is 37.5 Å². The van der Waals surface area contributed by atoms with Gasteiger partial charge >= 0.3 is 6.03 Å². The van der Waals surface area contributed by atoms with Crippen LogP contribution in [0.3, 0.4) is 0 Å². The third-order valence-electron chi connectivity index (χ3n) is 5.45. The van der Waals surface area contributed by atoms with Crippen LogP contribution in [0.5, 0.6) is 0 Å². The van der Waals surface area contributed by atoms with Crippen molar-refractivity contribution in [1.82, 2.24) is 20.0 Å². The monoisotopic (exact) mass is 355 g/mol. The number of fused-ring (bicyclic) bond motifs is 1. The number of hydrogen-bond donors (Lipinski definition) is 1. The molecular formula is C19H25N5O2. The molecule has 4 rings (SSSR count). The number of nitrogens with one attached hydrogen (secondary N) is 1. The van der Waals surface area contributed by atoms with Gasteiger partial charge in [-0.2, -0.15) is 0 Å². The van der Waals surface area contributed by atoms with Crippen LogP contribution in [0.1, 0.15) is 30.4 Å². The highest BCUT2D eigenvalue weighted by atomic mass is 16.2. The fraction of sp³-hybridized carbons (Fsp3) is 0.526. The number of guanidine groups is 1. The number of likely N-dealkylation sites (tertiary alicyclic amines) is 1. The van der Waals surface area contributed by atoms with E-state index in [1.807, 2.05) is 0 Å². The summed E-state index contributed by atoms with van der Waals surface area (Å²) in [5.74, 6) is 0.581. The van der Waals surface area contributed by atoms with Crippen LogP contribution < -0.4 is 5.32 Å². The van der Waals surface area contributed by atoms with Crippen LogP contribution in [0.15, 0.2) is 29.3 Å². The highest BCUT2D eigenvalue weighted by Gasteiger charge is 2.49. The molecule has 2 unspecified atom stereocenters. The molecule has 0 radical (unpaired) electrons. The molecule has 2 saturated heterocycles. The van der Waals surface area contributed by atoms with Crippen LogP contribution in [-0.2, 0) is 11.3 Å². The van der Waals surface area contributed by atoms with Gasteiger partial charge in [-0.3, -0.25) is 10.1 Å². The molecule has 2 atom stereocenters. The standard InChI is InChI=1S/C19H25N5O2/c1-13-6-8-14(9-7-13)12-24-15-16(22(2)19(26)21-17(15)25)20-18(24)23-10-4-3-5-11-23/h6-9,15-16H,3-5,10-12H2,1-2H3,(H,21,25,26). The molecular weight excluding hydrogens is 330 g/mol. The Kier molecular flexibility index (Phi) is 4.30. The molecule has 3 aliphatic heterocycles. The first-order chi connectivity index (χ1) is 12.5. The maximum atomic E-state index is 12.6. The predicted molar refractivity (Wildman–Crippen MR) is 98.5 cm³/mol. The van der Waals surface area contributed by atoms with E-state index < -0.39 is 12.2 Å². The highest BCUT2D eigenvalue weighted by Crippen LogP contribution is 2.28. The molecule has 3 aliphatic rings.